The van der Waals surface area contributed by atoms with Crippen LogP contribution in [0, 0.1) is 29.9 Å². The van der Waals surface area contributed by atoms with Crippen LogP contribution in [-0.2, 0) is 5.41 Å². The SMILES string of the molecule is [c]1c[c]cc(C23CC4CC(CC(C4)C2)C3)c1. The van der Waals surface area contributed by atoms with Crippen molar-refractivity contribution in [3.8, 4) is 0 Å². The normalized spacial score (nSPS) is 44.9. The molecule has 0 N–H and O–H groups in total. The van der Waals surface area contributed by atoms with Crippen molar-refractivity contribution in [3.05, 3.63) is 35.9 Å². The molecule has 0 aliphatic heterocycles. The summed E-state index contributed by atoms with van der Waals surface area (Å²) in [5.41, 5.74) is 2.07. The van der Waals surface area contributed by atoms with Gasteiger partial charge < -0.3 is 0 Å². The zero-order valence-electron chi connectivity index (χ0n) is 9.71. The second-order valence-corrected chi connectivity index (χ2v) is 6.42. The first-order chi connectivity index (χ1) is 7.84. The molecule has 0 heterocycles. The largest absolute Gasteiger partial charge is 0.0506 e. The molecule has 0 heteroatoms. The average Bonchev–Trinajstić information content (AvgIpc) is 2.28. The summed E-state index contributed by atoms with van der Waals surface area (Å²) in [5, 5.41) is 0. The van der Waals surface area contributed by atoms with Crippen LogP contribution in [0.5, 0.6) is 0 Å². The molecule has 0 unspecified atom stereocenters. The summed E-state index contributed by atoms with van der Waals surface area (Å²) in [4.78, 5) is 0. The van der Waals surface area contributed by atoms with Crippen molar-refractivity contribution < 1.29 is 0 Å². The van der Waals surface area contributed by atoms with Crippen molar-refractivity contribution in [1.29, 1.82) is 0 Å². The maximum Gasteiger partial charge on any atom is -0.00386 e. The van der Waals surface area contributed by atoms with Crippen molar-refractivity contribution >= 4 is 0 Å². The van der Waals surface area contributed by atoms with Crippen LogP contribution in [0.1, 0.15) is 44.1 Å². The van der Waals surface area contributed by atoms with E-state index in [9.17, 15) is 0 Å². The van der Waals surface area contributed by atoms with E-state index in [1.165, 1.54) is 44.1 Å². The van der Waals surface area contributed by atoms with Gasteiger partial charge in [0.1, 0.15) is 0 Å². The summed E-state index contributed by atoms with van der Waals surface area (Å²) in [5.74, 6) is 3.10. The molecular formula is C16H18. The molecular weight excluding hydrogens is 192 g/mol. The van der Waals surface area contributed by atoms with Gasteiger partial charge in [-0.1, -0.05) is 12.1 Å². The summed E-state index contributed by atoms with van der Waals surface area (Å²) >= 11 is 0. The number of rotatable bonds is 1. The van der Waals surface area contributed by atoms with Gasteiger partial charge in [-0.05, 0) is 85.5 Å². The minimum Gasteiger partial charge on any atom is -0.0506 e. The molecule has 4 fully saturated rings. The molecule has 4 saturated carbocycles. The molecule has 0 nitrogen and oxygen atoms in total. The Morgan fingerprint density at radius 1 is 0.875 bits per heavy atom. The highest BCUT2D eigenvalue weighted by Crippen LogP contribution is 2.60. The lowest BCUT2D eigenvalue weighted by Gasteiger charge is -2.57. The van der Waals surface area contributed by atoms with Gasteiger partial charge in [-0.2, -0.15) is 0 Å². The zero-order chi connectivity index (χ0) is 10.6. The second-order valence-electron chi connectivity index (χ2n) is 6.42. The third-order valence-electron chi connectivity index (χ3n) is 5.29. The van der Waals surface area contributed by atoms with Crippen molar-refractivity contribution in [2.45, 2.75) is 43.9 Å². The Labute approximate surface area is 98.1 Å². The Morgan fingerprint density at radius 3 is 1.88 bits per heavy atom. The minimum absolute atomic E-state index is 0.531. The number of hydrogen-bond donors (Lipinski definition) is 0. The number of benzene rings is 1. The third-order valence-corrected chi connectivity index (χ3v) is 5.29. The van der Waals surface area contributed by atoms with Crippen LogP contribution in [0.25, 0.3) is 0 Å². The quantitative estimate of drug-likeness (QED) is 0.662. The molecule has 4 aliphatic carbocycles. The van der Waals surface area contributed by atoms with Crippen molar-refractivity contribution in [2.75, 3.05) is 0 Å². The fraction of sp³-hybridized carbons (Fsp3) is 0.625. The molecule has 16 heavy (non-hydrogen) atoms. The number of hydrogen-bond acceptors (Lipinski definition) is 0. The first kappa shape index (κ1) is 9.27. The molecule has 1 aromatic rings. The highest BCUT2D eigenvalue weighted by molar-refractivity contribution is 5.28. The Kier molecular flexibility index (Phi) is 1.81. The molecule has 1 aromatic carbocycles. The Bertz CT molecular complexity index is 354. The fourth-order valence-electron chi connectivity index (χ4n) is 5.12. The first-order valence-corrected chi connectivity index (χ1v) is 6.72. The van der Waals surface area contributed by atoms with E-state index in [4.69, 9.17) is 0 Å². The maximum absolute atomic E-state index is 3.23. The van der Waals surface area contributed by atoms with Crippen molar-refractivity contribution in [3.63, 3.8) is 0 Å². The second kappa shape index (κ2) is 3.12. The minimum atomic E-state index is 0.531. The standard InChI is InChI=1S/C16H18/c1-2-4-15(5-3-1)16-9-12-6-13(10-16)8-14(7-12)11-16/h1,4-5,12-14H,6-11H2. The summed E-state index contributed by atoms with van der Waals surface area (Å²) in [6.45, 7) is 0. The smallest absolute Gasteiger partial charge is 0.00386 e. The van der Waals surface area contributed by atoms with Crippen molar-refractivity contribution in [1.82, 2.24) is 0 Å². The lowest BCUT2D eigenvalue weighted by Crippen LogP contribution is -2.48. The Morgan fingerprint density at radius 2 is 1.38 bits per heavy atom. The first-order valence-electron chi connectivity index (χ1n) is 6.72. The Hall–Kier alpha value is -0.780. The molecule has 0 saturated heterocycles. The van der Waals surface area contributed by atoms with E-state index in [-0.39, 0.29) is 0 Å². The van der Waals surface area contributed by atoms with Crippen LogP contribution in [0.3, 0.4) is 0 Å². The zero-order valence-corrected chi connectivity index (χ0v) is 9.71. The van der Waals surface area contributed by atoms with Crippen LogP contribution < -0.4 is 0 Å². The van der Waals surface area contributed by atoms with Crippen LogP contribution in [0.2, 0.25) is 0 Å². The van der Waals surface area contributed by atoms with Crippen LogP contribution in [-0.4, -0.2) is 0 Å². The summed E-state index contributed by atoms with van der Waals surface area (Å²) in [6, 6.07) is 12.8. The van der Waals surface area contributed by atoms with Crippen molar-refractivity contribution in [2.24, 2.45) is 17.8 Å². The highest BCUT2D eigenvalue weighted by atomic mass is 14.6. The molecule has 2 radical (unpaired) electrons. The van der Waals surface area contributed by atoms with Gasteiger partial charge in [0.25, 0.3) is 0 Å². The molecule has 5 rings (SSSR count). The predicted octanol–water partition coefficient (Wildman–Crippen LogP) is 3.75. The van der Waals surface area contributed by atoms with Gasteiger partial charge in [-0.15, -0.1) is 0 Å². The molecule has 4 bridgehead atoms. The maximum atomic E-state index is 3.23. The summed E-state index contributed by atoms with van der Waals surface area (Å²) in [7, 11) is 0. The van der Waals surface area contributed by atoms with Gasteiger partial charge in [0.2, 0.25) is 0 Å². The van der Waals surface area contributed by atoms with Gasteiger partial charge in [0.15, 0.2) is 0 Å². The monoisotopic (exact) mass is 210 g/mol. The highest BCUT2D eigenvalue weighted by Gasteiger charge is 2.51. The molecule has 0 aromatic heterocycles. The van der Waals surface area contributed by atoms with E-state index in [1.807, 2.05) is 6.07 Å². The fourth-order valence-corrected chi connectivity index (χ4v) is 5.12. The Balaban J connectivity index is 1.77. The molecule has 4 aliphatic rings. The van der Waals surface area contributed by atoms with E-state index >= 15 is 0 Å². The predicted molar refractivity (Wildman–Crippen MR) is 64.0 cm³/mol. The van der Waals surface area contributed by atoms with E-state index in [0.29, 0.717) is 5.41 Å². The van der Waals surface area contributed by atoms with Crippen LogP contribution >= 0.6 is 0 Å². The van der Waals surface area contributed by atoms with Gasteiger partial charge in [-0.3, -0.25) is 0 Å². The third kappa shape index (κ3) is 1.22. The topological polar surface area (TPSA) is 0 Å². The summed E-state index contributed by atoms with van der Waals surface area (Å²) in [6.07, 6.45) is 8.93. The molecule has 82 valence electrons. The van der Waals surface area contributed by atoms with E-state index in [0.717, 1.165) is 17.8 Å². The van der Waals surface area contributed by atoms with Gasteiger partial charge >= 0.3 is 0 Å². The van der Waals surface area contributed by atoms with Gasteiger partial charge in [0.05, 0.1) is 0 Å². The van der Waals surface area contributed by atoms with E-state index < -0.39 is 0 Å². The lowest BCUT2D eigenvalue weighted by molar-refractivity contribution is -0.00520. The molecule has 0 atom stereocenters. The average molecular weight is 210 g/mol. The molecule has 0 amide bonds. The lowest BCUT2D eigenvalue weighted by atomic mass is 9.48. The van der Waals surface area contributed by atoms with Crippen LogP contribution in [0.15, 0.2) is 18.2 Å². The van der Waals surface area contributed by atoms with Gasteiger partial charge in [0, 0.05) is 0 Å². The van der Waals surface area contributed by atoms with Crippen LogP contribution in [0.4, 0.5) is 0 Å². The molecule has 0 spiro atoms. The van der Waals surface area contributed by atoms with E-state index in [1.54, 1.807) is 0 Å². The summed E-state index contributed by atoms with van der Waals surface area (Å²) < 4.78 is 0. The van der Waals surface area contributed by atoms with E-state index in [2.05, 4.69) is 24.3 Å². The van der Waals surface area contributed by atoms with Gasteiger partial charge in [-0.25, -0.2) is 0 Å².